The molecule has 1 N–H and O–H groups in total. The van der Waals surface area contributed by atoms with Gasteiger partial charge in [0.2, 0.25) is 0 Å². The van der Waals surface area contributed by atoms with Crippen molar-refractivity contribution in [2.24, 2.45) is 0 Å². The van der Waals surface area contributed by atoms with Crippen molar-refractivity contribution in [2.75, 3.05) is 0 Å². The number of hydrogen-bond acceptors (Lipinski definition) is 0. The second-order valence-corrected chi connectivity index (χ2v) is 5.07. The Morgan fingerprint density at radius 1 is 1.20 bits per heavy atom. The van der Waals surface area contributed by atoms with Crippen molar-refractivity contribution in [3.8, 4) is 0 Å². The van der Waals surface area contributed by atoms with Crippen LogP contribution in [0.25, 0.3) is 10.9 Å². The molecule has 0 radical (unpaired) electrons. The standard InChI is InChI=1S/C13H16FN/c1-8-5-6-10-11(9(14)7-15-10)12(8)13(2,3)4/h5-7,15H,1-4H3. The van der Waals surface area contributed by atoms with E-state index in [2.05, 4.69) is 25.8 Å². The predicted molar refractivity (Wildman–Crippen MR) is 61.7 cm³/mol. The highest BCUT2D eigenvalue weighted by Gasteiger charge is 2.21. The lowest BCUT2D eigenvalue weighted by molar-refractivity contribution is 0.584. The largest absolute Gasteiger partial charge is 0.359 e. The van der Waals surface area contributed by atoms with Crippen LogP contribution in [0.1, 0.15) is 31.9 Å². The average molecular weight is 205 g/mol. The first kappa shape index (κ1) is 10.2. The first-order valence-corrected chi connectivity index (χ1v) is 5.18. The van der Waals surface area contributed by atoms with Crippen LogP contribution in [-0.4, -0.2) is 4.98 Å². The van der Waals surface area contributed by atoms with Crippen LogP contribution in [0.5, 0.6) is 0 Å². The number of aryl methyl sites for hydroxylation is 1. The Balaban J connectivity index is 2.90. The molecule has 1 nitrogen and oxygen atoms in total. The first-order chi connectivity index (χ1) is 6.91. The zero-order valence-corrected chi connectivity index (χ0v) is 9.61. The maximum absolute atomic E-state index is 13.7. The lowest BCUT2D eigenvalue weighted by Crippen LogP contribution is -2.13. The van der Waals surface area contributed by atoms with Crippen LogP contribution in [0.4, 0.5) is 4.39 Å². The number of halogens is 1. The molecule has 80 valence electrons. The Labute approximate surface area is 89.3 Å². The summed E-state index contributed by atoms with van der Waals surface area (Å²) in [6.07, 6.45) is 1.43. The molecule has 0 aliphatic carbocycles. The van der Waals surface area contributed by atoms with Crippen LogP contribution in [-0.2, 0) is 5.41 Å². The second-order valence-electron chi connectivity index (χ2n) is 5.07. The Hall–Kier alpha value is -1.31. The van der Waals surface area contributed by atoms with Crippen LogP contribution in [0.3, 0.4) is 0 Å². The summed E-state index contributed by atoms with van der Waals surface area (Å²) in [5.41, 5.74) is 3.09. The topological polar surface area (TPSA) is 15.8 Å². The van der Waals surface area contributed by atoms with Crippen molar-refractivity contribution in [1.82, 2.24) is 4.98 Å². The third-order valence-corrected chi connectivity index (χ3v) is 2.76. The van der Waals surface area contributed by atoms with Gasteiger partial charge in [-0.2, -0.15) is 0 Å². The molecule has 0 saturated carbocycles. The number of nitrogens with one attached hydrogen (secondary N) is 1. The van der Waals surface area contributed by atoms with Crippen molar-refractivity contribution in [3.05, 3.63) is 35.3 Å². The molecule has 0 aliphatic rings. The number of benzene rings is 1. The van der Waals surface area contributed by atoms with E-state index < -0.39 is 0 Å². The third-order valence-electron chi connectivity index (χ3n) is 2.76. The van der Waals surface area contributed by atoms with Gasteiger partial charge in [0.15, 0.2) is 0 Å². The van der Waals surface area contributed by atoms with E-state index in [-0.39, 0.29) is 11.2 Å². The van der Waals surface area contributed by atoms with Crippen molar-refractivity contribution in [3.63, 3.8) is 0 Å². The SMILES string of the molecule is Cc1ccc2[nH]cc(F)c2c1C(C)(C)C. The fourth-order valence-electron chi connectivity index (χ4n) is 2.25. The lowest BCUT2D eigenvalue weighted by atomic mass is 9.82. The summed E-state index contributed by atoms with van der Waals surface area (Å²) in [5.74, 6) is -0.154. The quantitative estimate of drug-likeness (QED) is 0.671. The first-order valence-electron chi connectivity index (χ1n) is 5.18. The van der Waals surface area contributed by atoms with Crippen LogP contribution in [0.2, 0.25) is 0 Å². The molecule has 2 aromatic rings. The molecule has 0 unspecified atom stereocenters. The zero-order valence-electron chi connectivity index (χ0n) is 9.61. The number of fused-ring (bicyclic) bond motifs is 1. The molecule has 1 aromatic carbocycles. The highest BCUT2D eigenvalue weighted by Crippen LogP contribution is 2.33. The Bertz CT molecular complexity index is 503. The maximum Gasteiger partial charge on any atom is 0.148 e. The van der Waals surface area contributed by atoms with Gasteiger partial charge in [-0.3, -0.25) is 0 Å². The number of hydrogen-bond donors (Lipinski definition) is 1. The summed E-state index contributed by atoms with van der Waals surface area (Å²) >= 11 is 0. The summed E-state index contributed by atoms with van der Waals surface area (Å²) in [5, 5.41) is 0.738. The molecule has 0 saturated heterocycles. The van der Waals surface area contributed by atoms with Gasteiger partial charge in [0.25, 0.3) is 0 Å². The maximum atomic E-state index is 13.7. The van der Waals surface area contributed by atoms with E-state index in [1.54, 1.807) is 0 Å². The molecular weight excluding hydrogens is 189 g/mol. The monoisotopic (exact) mass is 205 g/mol. The molecule has 1 heterocycles. The van der Waals surface area contributed by atoms with Crippen molar-refractivity contribution >= 4 is 10.9 Å². The van der Waals surface area contributed by atoms with Gasteiger partial charge in [0.05, 0.1) is 0 Å². The van der Waals surface area contributed by atoms with E-state index in [9.17, 15) is 4.39 Å². The fourth-order valence-corrected chi connectivity index (χ4v) is 2.25. The minimum Gasteiger partial charge on any atom is -0.359 e. The van der Waals surface area contributed by atoms with Crippen LogP contribution in [0.15, 0.2) is 18.3 Å². The lowest BCUT2D eigenvalue weighted by Gasteiger charge is -2.22. The van der Waals surface area contributed by atoms with Gasteiger partial charge in [0.1, 0.15) is 5.82 Å². The molecule has 2 rings (SSSR count). The Kier molecular flexibility index (Phi) is 2.10. The normalized spacial score (nSPS) is 12.3. The number of aromatic amines is 1. The molecular formula is C13H16FN. The van der Waals surface area contributed by atoms with Gasteiger partial charge in [0, 0.05) is 17.1 Å². The van der Waals surface area contributed by atoms with E-state index in [4.69, 9.17) is 0 Å². The Morgan fingerprint density at radius 3 is 2.47 bits per heavy atom. The van der Waals surface area contributed by atoms with Crippen LogP contribution < -0.4 is 0 Å². The summed E-state index contributed by atoms with van der Waals surface area (Å²) in [4.78, 5) is 2.95. The van der Waals surface area contributed by atoms with Gasteiger partial charge in [-0.15, -0.1) is 0 Å². The van der Waals surface area contributed by atoms with E-state index in [1.807, 2.05) is 19.1 Å². The number of rotatable bonds is 0. The summed E-state index contributed by atoms with van der Waals surface area (Å²) in [6.45, 7) is 8.37. The van der Waals surface area contributed by atoms with E-state index in [1.165, 1.54) is 6.20 Å². The number of H-pyrrole nitrogens is 1. The third kappa shape index (κ3) is 1.54. The number of aromatic nitrogens is 1. The molecule has 2 heteroatoms. The Morgan fingerprint density at radius 2 is 1.87 bits per heavy atom. The molecule has 0 bridgehead atoms. The molecule has 0 spiro atoms. The van der Waals surface area contributed by atoms with Gasteiger partial charge in [-0.1, -0.05) is 26.8 Å². The van der Waals surface area contributed by atoms with Crippen molar-refractivity contribution in [2.45, 2.75) is 33.1 Å². The molecule has 0 atom stereocenters. The molecule has 15 heavy (non-hydrogen) atoms. The van der Waals surface area contributed by atoms with Gasteiger partial charge in [-0.25, -0.2) is 4.39 Å². The van der Waals surface area contributed by atoms with Gasteiger partial charge >= 0.3 is 0 Å². The van der Waals surface area contributed by atoms with Crippen molar-refractivity contribution < 1.29 is 4.39 Å². The predicted octanol–water partition coefficient (Wildman–Crippen LogP) is 3.91. The minimum atomic E-state index is -0.154. The molecule has 0 fully saturated rings. The van der Waals surface area contributed by atoms with Crippen LogP contribution in [0, 0.1) is 12.7 Å². The van der Waals surface area contributed by atoms with Crippen molar-refractivity contribution in [1.29, 1.82) is 0 Å². The zero-order chi connectivity index (χ0) is 11.2. The van der Waals surface area contributed by atoms with E-state index in [0.717, 1.165) is 22.0 Å². The summed E-state index contributed by atoms with van der Waals surface area (Å²) < 4.78 is 13.7. The van der Waals surface area contributed by atoms with Crippen LogP contribution >= 0.6 is 0 Å². The highest BCUT2D eigenvalue weighted by atomic mass is 19.1. The summed E-state index contributed by atoms with van der Waals surface area (Å²) in [6, 6.07) is 3.97. The highest BCUT2D eigenvalue weighted by molar-refractivity contribution is 5.85. The van der Waals surface area contributed by atoms with Gasteiger partial charge < -0.3 is 4.98 Å². The minimum absolute atomic E-state index is 0.0351. The van der Waals surface area contributed by atoms with E-state index >= 15 is 0 Å². The van der Waals surface area contributed by atoms with E-state index in [0.29, 0.717) is 0 Å². The smallest absolute Gasteiger partial charge is 0.148 e. The summed E-state index contributed by atoms with van der Waals surface area (Å²) in [7, 11) is 0. The average Bonchev–Trinajstić information content (AvgIpc) is 2.46. The molecule has 1 aromatic heterocycles. The molecule has 0 amide bonds. The molecule has 0 aliphatic heterocycles. The van der Waals surface area contributed by atoms with Gasteiger partial charge in [-0.05, 0) is 29.5 Å². The second kappa shape index (κ2) is 3.09. The fraction of sp³-hybridized carbons (Fsp3) is 0.385.